The van der Waals surface area contributed by atoms with Gasteiger partial charge in [0, 0.05) is 0 Å². The number of aliphatic hydroxyl groups is 1. The maximum atomic E-state index is 10.3. The molecule has 0 heterocycles. The Morgan fingerprint density at radius 2 is 1.74 bits per heavy atom. The monoisotopic (exact) mass is 420 g/mol. The predicted molar refractivity (Wildman–Crippen MR) is 130 cm³/mol. The van der Waals surface area contributed by atoms with E-state index in [4.69, 9.17) is 0 Å². The van der Waals surface area contributed by atoms with Crippen LogP contribution in [0.3, 0.4) is 0 Å². The molecule has 1 N–H and O–H groups in total. The van der Waals surface area contributed by atoms with Gasteiger partial charge in [0.15, 0.2) is 0 Å². The topological polar surface area (TPSA) is 20.2 Å². The minimum absolute atomic E-state index is 0.0914. The third kappa shape index (κ3) is 3.36. The average molecular weight is 421 g/mol. The summed E-state index contributed by atoms with van der Waals surface area (Å²) in [6, 6.07) is 6.81. The molecule has 1 nitrogen and oxygen atoms in total. The van der Waals surface area contributed by atoms with Gasteiger partial charge in [-0.1, -0.05) is 50.6 Å². The van der Waals surface area contributed by atoms with Crippen molar-refractivity contribution in [2.75, 3.05) is 0 Å². The molecule has 31 heavy (non-hydrogen) atoms. The van der Waals surface area contributed by atoms with Gasteiger partial charge in [-0.05, 0) is 129 Å². The minimum atomic E-state index is -0.0914. The van der Waals surface area contributed by atoms with Crippen molar-refractivity contribution in [3.8, 4) is 0 Å². The standard InChI is InChI=1S/C30H44O/c1-19-7-6-8-20(2)25(19)17-21(3)26-11-12-27-24-10-9-22-18-23(31)13-15-29(22,4)28(24)14-16-30(26,27)5/h6-9,21,23-24,26-28,31H,10-18H2,1-5H3/t21-,23+,24+,26-,27+,28+,29+,30-/m1/s1. The Bertz CT molecular complexity index is 847. The van der Waals surface area contributed by atoms with Crippen molar-refractivity contribution in [1.82, 2.24) is 0 Å². The van der Waals surface area contributed by atoms with Gasteiger partial charge in [0.1, 0.15) is 0 Å². The van der Waals surface area contributed by atoms with E-state index in [1.165, 1.54) is 56.1 Å². The molecule has 1 heteroatoms. The lowest BCUT2D eigenvalue weighted by Gasteiger charge is -2.58. The fourth-order valence-corrected chi connectivity index (χ4v) is 9.25. The van der Waals surface area contributed by atoms with E-state index < -0.39 is 0 Å². The zero-order chi connectivity index (χ0) is 22.0. The molecule has 0 amide bonds. The third-order valence-electron chi connectivity index (χ3n) is 11.0. The summed E-state index contributed by atoms with van der Waals surface area (Å²) in [6.45, 7) is 12.4. The van der Waals surface area contributed by atoms with Gasteiger partial charge < -0.3 is 5.11 Å². The number of allylic oxidation sites excluding steroid dienone is 1. The molecular formula is C30H44O. The molecule has 0 spiro atoms. The zero-order valence-corrected chi connectivity index (χ0v) is 20.6. The van der Waals surface area contributed by atoms with Gasteiger partial charge in [0.2, 0.25) is 0 Å². The highest BCUT2D eigenvalue weighted by atomic mass is 16.3. The molecule has 0 bridgehead atoms. The van der Waals surface area contributed by atoms with E-state index in [0.717, 1.165) is 42.4 Å². The van der Waals surface area contributed by atoms with Gasteiger partial charge >= 0.3 is 0 Å². The molecule has 1 aromatic carbocycles. The van der Waals surface area contributed by atoms with E-state index in [1.807, 2.05) is 0 Å². The number of fused-ring (bicyclic) bond motifs is 5. The largest absolute Gasteiger partial charge is 0.393 e. The predicted octanol–water partition coefficient (Wildman–Crippen LogP) is 7.42. The number of aliphatic hydroxyl groups excluding tert-OH is 1. The molecule has 4 aliphatic carbocycles. The molecule has 0 radical (unpaired) electrons. The fraction of sp³-hybridized carbons (Fsp3) is 0.733. The number of hydrogen-bond donors (Lipinski definition) is 1. The van der Waals surface area contributed by atoms with Crippen LogP contribution in [0, 0.1) is 54.3 Å². The van der Waals surface area contributed by atoms with Crippen LogP contribution >= 0.6 is 0 Å². The Morgan fingerprint density at radius 1 is 1.00 bits per heavy atom. The summed E-state index contributed by atoms with van der Waals surface area (Å²) < 4.78 is 0. The summed E-state index contributed by atoms with van der Waals surface area (Å²) in [7, 11) is 0. The molecular weight excluding hydrogens is 376 g/mol. The molecule has 4 aliphatic rings. The minimum Gasteiger partial charge on any atom is -0.393 e. The van der Waals surface area contributed by atoms with Crippen molar-refractivity contribution < 1.29 is 5.11 Å². The highest BCUT2D eigenvalue weighted by Gasteiger charge is 2.59. The van der Waals surface area contributed by atoms with E-state index in [1.54, 1.807) is 11.1 Å². The second-order valence-electron chi connectivity index (χ2n) is 12.4. The van der Waals surface area contributed by atoms with Crippen LogP contribution in [0.15, 0.2) is 29.8 Å². The number of aryl methyl sites for hydroxylation is 2. The van der Waals surface area contributed by atoms with E-state index >= 15 is 0 Å². The number of hydrogen-bond acceptors (Lipinski definition) is 1. The van der Waals surface area contributed by atoms with Gasteiger partial charge in [-0.15, -0.1) is 0 Å². The summed E-state index contributed by atoms with van der Waals surface area (Å²) in [5.41, 5.74) is 7.06. The van der Waals surface area contributed by atoms with E-state index in [-0.39, 0.29) is 6.10 Å². The highest BCUT2D eigenvalue weighted by Crippen LogP contribution is 2.67. The first-order chi connectivity index (χ1) is 14.7. The number of rotatable bonds is 3. The van der Waals surface area contributed by atoms with Crippen molar-refractivity contribution in [2.24, 2.45) is 40.4 Å². The van der Waals surface area contributed by atoms with Crippen LogP contribution in [-0.4, -0.2) is 11.2 Å². The average Bonchev–Trinajstić information content (AvgIpc) is 3.08. The van der Waals surface area contributed by atoms with Crippen LogP contribution in [0.25, 0.3) is 0 Å². The molecule has 0 saturated heterocycles. The Morgan fingerprint density at radius 3 is 2.48 bits per heavy atom. The lowest BCUT2D eigenvalue weighted by Crippen LogP contribution is -2.50. The summed E-state index contributed by atoms with van der Waals surface area (Å²) in [5, 5.41) is 10.3. The number of benzene rings is 1. The second kappa shape index (κ2) is 7.75. The summed E-state index contributed by atoms with van der Waals surface area (Å²) in [4.78, 5) is 0. The fourth-order valence-electron chi connectivity index (χ4n) is 9.25. The quantitative estimate of drug-likeness (QED) is 0.504. The Kier molecular flexibility index (Phi) is 5.44. The van der Waals surface area contributed by atoms with E-state index in [0.29, 0.717) is 10.8 Å². The van der Waals surface area contributed by atoms with Gasteiger partial charge in [-0.2, -0.15) is 0 Å². The summed E-state index contributed by atoms with van der Waals surface area (Å²) in [5.74, 6) is 4.26. The lowest BCUT2D eigenvalue weighted by atomic mass is 9.47. The first kappa shape index (κ1) is 21.7. The van der Waals surface area contributed by atoms with Gasteiger partial charge in [-0.25, -0.2) is 0 Å². The SMILES string of the molecule is Cc1cccc(C)c1C[C@@H](C)[C@H]1CC[C@H]2[C@@H]3CC=C4C[C@@H](O)CC[C@]4(C)[C@H]3CC[C@]12C. The second-order valence-corrected chi connectivity index (χ2v) is 12.4. The molecule has 3 fully saturated rings. The maximum Gasteiger partial charge on any atom is 0.0577 e. The Labute approximate surface area is 190 Å². The molecule has 170 valence electrons. The van der Waals surface area contributed by atoms with E-state index in [2.05, 4.69) is 58.9 Å². The van der Waals surface area contributed by atoms with Crippen LogP contribution in [0.2, 0.25) is 0 Å². The van der Waals surface area contributed by atoms with Gasteiger partial charge in [0.05, 0.1) is 6.10 Å². The first-order valence-corrected chi connectivity index (χ1v) is 13.2. The van der Waals surface area contributed by atoms with Crippen molar-refractivity contribution in [3.05, 3.63) is 46.5 Å². The Hall–Kier alpha value is -1.08. The summed E-state index contributed by atoms with van der Waals surface area (Å²) >= 11 is 0. The van der Waals surface area contributed by atoms with Crippen molar-refractivity contribution in [3.63, 3.8) is 0 Å². The molecule has 0 aliphatic heterocycles. The van der Waals surface area contributed by atoms with Crippen LogP contribution in [0.5, 0.6) is 0 Å². The maximum absolute atomic E-state index is 10.3. The summed E-state index contributed by atoms with van der Waals surface area (Å²) in [6.07, 6.45) is 13.9. The lowest BCUT2D eigenvalue weighted by molar-refractivity contribution is -0.0566. The third-order valence-corrected chi connectivity index (χ3v) is 11.0. The van der Waals surface area contributed by atoms with E-state index in [9.17, 15) is 5.11 Å². The smallest absolute Gasteiger partial charge is 0.0577 e. The Balaban J connectivity index is 1.38. The molecule has 3 saturated carbocycles. The van der Waals surface area contributed by atoms with Gasteiger partial charge in [-0.3, -0.25) is 0 Å². The molecule has 8 atom stereocenters. The van der Waals surface area contributed by atoms with Crippen LogP contribution in [-0.2, 0) is 6.42 Å². The normalized spacial score (nSPS) is 42.9. The van der Waals surface area contributed by atoms with Crippen LogP contribution in [0.1, 0.15) is 88.8 Å². The van der Waals surface area contributed by atoms with Crippen molar-refractivity contribution in [1.29, 1.82) is 0 Å². The van der Waals surface area contributed by atoms with Gasteiger partial charge in [0.25, 0.3) is 0 Å². The van der Waals surface area contributed by atoms with Crippen molar-refractivity contribution in [2.45, 2.75) is 98.5 Å². The van der Waals surface area contributed by atoms with Crippen LogP contribution in [0.4, 0.5) is 0 Å². The van der Waals surface area contributed by atoms with Crippen molar-refractivity contribution >= 4 is 0 Å². The van der Waals surface area contributed by atoms with Crippen LogP contribution < -0.4 is 0 Å². The first-order valence-electron chi connectivity index (χ1n) is 13.2. The molecule has 1 aromatic rings. The molecule has 0 aromatic heterocycles. The zero-order valence-electron chi connectivity index (χ0n) is 20.6. The molecule has 5 rings (SSSR count). The highest BCUT2D eigenvalue weighted by molar-refractivity contribution is 5.34. The molecule has 0 unspecified atom stereocenters.